The lowest BCUT2D eigenvalue weighted by Gasteiger charge is -2.30. The Hall–Kier alpha value is -6.38. The summed E-state index contributed by atoms with van der Waals surface area (Å²) in [7, 11) is 0. The van der Waals surface area contributed by atoms with Crippen molar-refractivity contribution < 1.29 is 0 Å². The fourth-order valence-corrected chi connectivity index (χ4v) is 7.76. The van der Waals surface area contributed by atoms with Crippen LogP contribution in [-0.2, 0) is 0 Å². The third-order valence-corrected chi connectivity index (χ3v) is 11.5. The van der Waals surface area contributed by atoms with Crippen LogP contribution < -0.4 is 9.80 Å². The molecule has 0 radical (unpaired) electrons. The van der Waals surface area contributed by atoms with E-state index in [1.165, 1.54) is 44.2 Å². The molecule has 276 valence electrons. The van der Waals surface area contributed by atoms with Gasteiger partial charge in [-0.25, -0.2) is 0 Å². The van der Waals surface area contributed by atoms with E-state index in [0.29, 0.717) is 11.8 Å². The van der Waals surface area contributed by atoms with Crippen LogP contribution in [-0.4, -0.2) is 0 Å². The van der Waals surface area contributed by atoms with Gasteiger partial charge < -0.3 is 9.80 Å². The van der Waals surface area contributed by atoms with E-state index >= 15 is 0 Å². The summed E-state index contributed by atoms with van der Waals surface area (Å²) >= 11 is 0. The topological polar surface area (TPSA) is 6.48 Å². The van der Waals surface area contributed by atoms with Gasteiger partial charge in [0, 0.05) is 33.5 Å². The van der Waals surface area contributed by atoms with E-state index < -0.39 is 0 Å². The zero-order valence-electron chi connectivity index (χ0n) is 32.9. The van der Waals surface area contributed by atoms with Gasteiger partial charge in [0.1, 0.15) is 0 Å². The highest BCUT2D eigenvalue weighted by molar-refractivity contribution is 6.07. The fraction of sp³-hybridized carbons (Fsp3) is 0.148. The number of hydrogen-bond donors (Lipinski definition) is 0. The zero-order chi connectivity index (χ0) is 38.4. The highest BCUT2D eigenvalue weighted by Gasteiger charge is 2.21. The second kappa shape index (κ2) is 16.6. The molecule has 0 aromatic heterocycles. The first-order valence-electron chi connectivity index (χ1n) is 20.1. The summed E-state index contributed by atoms with van der Waals surface area (Å²) in [5.74, 6) is 1.02. The van der Waals surface area contributed by atoms with Crippen molar-refractivity contribution in [3.63, 3.8) is 0 Å². The van der Waals surface area contributed by atoms with E-state index in [4.69, 9.17) is 0 Å². The van der Waals surface area contributed by atoms with Crippen molar-refractivity contribution in [3.05, 3.63) is 205 Å². The van der Waals surface area contributed by atoms with Gasteiger partial charge >= 0.3 is 0 Å². The molecule has 0 fully saturated rings. The molecule has 0 amide bonds. The van der Waals surface area contributed by atoms with Crippen molar-refractivity contribution in [2.45, 2.75) is 52.4 Å². The molecule has 0 saturated carbocycles. The van der Waals surface area contributed by atoms with Crippen molar-refractivity contribution in [1.29, 1.82) is 0 Å². The van der Waals surface area contributed by atoms with Gasteiger partial charge in [-0.2, -0.15) is 0 Å². The molecule has 0 heterocycles. The van der Waals surface area contributed by atoms with Crippen LogP contribution in [0.5, 0.6) is 0 Å². The Kier molecular flexibility index (Phi) is 10.8. The van der Waals surface area contributed by atoms with Crippen molar-refractivity contribution in [3.8, 4) is 22.3 Å². The zero-order valence-corrected chi connectivity index (χ0v) is 32.9. The van der Waals surface area contributed by atoms with Crippen molar-refractivity contribution in [1.82, 2.24) is 0 Å². The normalized spacial score (nSPS) is 12.3. The van der Waals surface area contributed by atoms with Gasteiger partial charge in [0.15, 0.2) is 0 Å². The smallest absolute Gasteiger partial charge is 0.0540 e. The van der Waals surface area contributed by atoms with Gasteiger partial charge in [-0.15, -0.1) is 0 Å². The van der Waals surface area contributed by atoms with Crippen molar-refractivity contribution in [2.24, 2.45) is 0 Å². The summed E-state index contributed by atoms with van der Waals surface area (Å²) in [4.78, 5) is 4.84. The molecule has 0 saturated heterocycles. The Morgan fingerprint density at radius 3 is 0.946 bits per heavy atom. The summed E-state index contributed by atoms with van der Waals surface area (Å²) in [6.45, 7) is 9.13. The molecule has 0 spiro atoms. The maximum atomic E-state index is 2.42. The molecule has 2 atom stereocenters. The first-order valence-corrected chi connectivity index (χ1v) is 20.1. The van der Waals surface area contributed by atoms with E-state index in [0.717, 1.165) is 47.0 Å². The maximum absolute atomic E-state index is 2.42. The lowest BCUT2D eigenvalue weighted by Crippen LogP contribution is -2.13. The van der Waals surface area contributed by atoms with Gasteiger partial charge in [-0.3, -0.25) is 0 Å². The molecule has 0 N–H and O–H groups in total. The summed E-state index contributed by atoms with van der Waals surface area (Å²) in [6, 6.07) is 71.1. The second-order valence-electron chi connectivity index (χ2n) is 14.9. The highest BCUT2D eigenvalue weighted by atomic mass is 15.2. The summed E-state index contributed by atoms with van der Waals surface area (Å²) in [6.07, 6.45) is 2.23. The predicted molar refractivity (Wildman–Crippen MR) is 242 cm³/mol. The van der Waals surface area contributed by atoms with Gasteiger partial charge in [0.05, 0.1) is 11.4 Å². The predicted octanol–water partition coefficient (Wildman–Crippen LogP) is 16.1. The average molecular weight is 727 g/mol. The van der Waals surface area contributed by atoms with E-state index in [2.05, 4.69) is 232 Å². The third-order valence-electron chi connectivity index (χ3n) is 11.5. The number of fused-ring (bicyclic) bond motifs is 1. The number of hydrogen-bond acceptors (Lipinski definition) is 2. The molecule has 8 aromatic rings. The van der Waals surface area contributed by atoms with Crippen LogP contribution >= 0.6 is 0 Å². The van der Waals surface area contributed by atoms with Crippen molar-refractivity contribution in [2.75, 3.05) is 9.80 Å². The summed E-state index contributed by atoms with van der Waals surface area (Å²) in [5, 5.41) is 2.37. The lowest BCUT2D eigenvalue weighted by molar-refractivity contribution is 0.733. The van der Waals surface area contributed by atoms with Gasteiger partial charge in [-0.1, -0.05) is 161 Å². The number of nitrogens with zero attached hydrogens (tertiary/aromatic N) is 2. The Bertz CT molecular complexity index is 2310. The van der Waals surface area contributed by atoms with E-state index in [-0.39, 0.29) is 0 Å². The molecule has 56 heavy (non-hydrogen) atoms. The molecule has 0 aliphatic rings. The van der Waals surface area contributed by atoms with Crippen LogP contribution in [0, 0.1) is 0 Å². The Morgan fingerprint density at radius 2 is 0.625 bits per heavy atom. The van der Waals surface area contributed by atoms with Gasteiger partial charge in [-0.05, 0) is 119 Å². The molecular weight excluding hydrogens is 677 g/mol. The standard InChI is InChI=1S/C54H50N2/c1-5-39(3)41-23-31-47(32-24-41)55(49-35-27-45(28-36-49)43-15-9-7-10-16-43)53-21-13-20-52-51(53)19-14-22-54(52)56(48-33-25-42(26-34-48)40(4)6-2)50-37-29-46(30-38-50)44-17-11-8-12-18-44/h7-40H,5-6H2,1-4H3. The minimum Gasteiger partial charge on any atom is -0.310 e. The first-order chi connectivity index (χ1) is 27.5. The molecule has 8 rings (SSSR count). The molecule has 8 aromatic carbocycles. The van der Waals surface area contributed by atoms with Crippen LogP contribution in [0.4, 0.5) is 34.1 Å². The average Bonchev–Trinajstić information content (AvgIpc) is 3.28. The molecule has 2 nitrogen and oxygen atoms in total. The number of rotatable bonds is 12. The van der Waals surface area contributed by atoms with Gasteiger partial charge in [0.25, 0.3) is 0 Å². The second-order valence-corrected chi connectivity index (χ2v) is 14.9. The fourth-order valence-electron chi connectivity index (χ4n) is 7.76. The van der Waals surface area contributed by atoms with Crippen LogP contribution in [0.2, 0.25) is 0 Å². The van der Waals surface area contributed by atoms with E-state index in [1.807, 2.05) is 0 Å². The number of benzene rings is 8. The van der Waals surface area contributed by atoms with Crippen molar-refractivity contribution >= 4 is 44.9 Å². The van der Waals surface area contributed by atoms with Gasteiger partial charge in [0.2, 0.25) is 0 Å². The lowest BCUT2D eigenvalue weighted by atomic mass is 9.97. The van der Waals surface area contributed by atoms with Crippen LogP contribution in [0.15, 0.2) is 194 Å². The molecular formula is C54H50N2. The van der Waals surface area contributed by atoms with Crippen LogP contribution in [0.25, 0.3) is 33.0 Å². The molecule has 0 aliphatic carbocycles. The SMILES string of the molecule is CCC(C)c1ccc(N(c2ccc(-c3ccccc3)cc2)c2cccc3c(N(c4ccc(-c5ccccc5)cc4)c4ccc(C(C)CC)cc4)cccc23)cc1. The Morgan fingerprint density at radius 1 is 0.321 bits per heavy atom. The van der Waals surface area contributed by atoms with E-state index in [9.17, 15) is 0 Å². The quantitative estimate of drug-likeness (QED) is 0.124. The largest absolute Gasteiger partial charge is 0.310 e. The van der Waals surface area contributed by atoms with E-state index in [1.54, 1.807) is 0 Å². The molecule has 0 bridgehead atoms. The first kappa shape index (κ1) is 36.6. The monoisotopic (exact) mass is 726 g/mol. The summed E-state index contributed by atoms with van der Waals surface area (Å²) < 4.78 is 0. The molecule has 0 aliphatic heterocycles. The van der Waals surface area contributed by atoms with Crippen LogP contribution in [0.1, 0.15) is 63.5 Å². The third kappa shape index (κ3) is 7.48. The maximum Gasteiger partial charge on any atom is 0.0540 e. The minimum absolute atomic E-state index is 0.509. The minimum atomic E-state index is 0.509. The Labute approximate surface area is 333 Å². The molecule has 2 unspecified atom stereocenters. The molecule has 2 heteroatoms. The van der Waals surface area contributed by atoms with Crippen LogP contribution in [0.3, 0.4) is 0 Å². The highest BCUT2D eigenvalue weighted by Crippen LogP contribution is 2.45. The summed E-state index contributed by atoms with van der Waals surface area (Å²) in [5.41, 5.74) is 14.4. The Balaban J connectivity index is 1.28. The number of anilines is 6.